The standard InChI is InChI=1S/C22H21ClN4O3/c1-2-30-22(29)21(28)25-16-10-8-15(9-11-16)17-13-19(26-27-20(17)23)18(24)12-14-6-4-3-5-7-14/h3-11,13,18H,2,12,24H2,1H3,(H,25,28)/t18-/m0/s1. The predicted octanol–water partition coefficient (Wildman–Crippen LogP) is 3.54. The van der Waals surface area contributed by atoms with Crippen LogP contribution in [-0.4, -0.2) is 28.7 Å². The number of esters is 1. The van der Waals surface area contributed by atoms with E-state index >= 15 is 0 Å². The highest BCUT2D eigenvalue weighted by Crippen LogP contribution is 2.29. The maximum absolute atomic E-state index is 11.7. The van der Waals surface area contributed by atoms with Crippen molar-refractivity contribution in [2.24, 2.45) is 5.73 Å². The number of hydrogen-bond donors (Lipinski definition) is 2. The van der Waals surface area contributed by atoms with Crippen LogP contribution in [0.3, 0.4) is 0 Å². The Labute approximate surface area is 179 Å². The molecule has 0 aliphatic heterocycles. The third-order valence-electron chi connectivity index (χ3n) is 4.36. The van der Waals surface area contributed by atoms with E-state index in [0.717, 1.165) is 11.1 Å². The molecule has 3 rings (SSSR count). The Morgan fingerprint density at radius 1 is 1.10 bits per heavy atom. The van der Waals surface area contributed by atoms with Crippen LogP contribution >= 0.6 is 11.6 Å². The smallest absolute Gasteiger partial charge is 0.397 e. The molecule has 0 radical (unpaired) electrons. The minimum Gasteiger partial charge on any atom is -0.459 e. The van der Waals surface area contributed by atoms with Crippen LogP contribution in [-0.2, 0) is 20.7 Å². The number of nitrogens with two attached hydrogens (primary N) is 1. The highest BCUT2D eigenvalue weighted by molar-refractivity contribution is 6.37. The minimum atomic E-state index is -0.931. The molecule has 1 atom stereocenters. The van der Waals surface area contributed by atoms with Crippen LogP contribution in [0.1, 0.15) is 24.2 Å². The van der Waals surface area contributed by atoms with Gasteiger partial charge in [-0.25, -0.2) is 4.79 Å². The van der Waals surface area contributed by atoms with Crippen molar-refractivity contribution in [3.8, 4) is 11.1 Å². The van der Waals surface area contributed by atoms with Crippen LogP contribution in [0.5, 0.6) is 0 Å². The molecule has 0 unspecified atom stereocenters. The molecule has 0 fully saturated rings. The van der Waals surface area contributed by atoms with Crippen LogP contribution in [0.2, 0.25) is 5.15 Å². The summed E-state index contributed by atoms with van der Waals surface area (Å²) in [7, 11) is 0. The number of aromatic nitrogens is 2. The van der Waals surface area contributed by atoms with Crippen molar-refractivity contribution in [1.29, 1.82) is 0 Å². The molecule has 1 aromatic heterocycles. The first-order chi connectivity index (χ1) is 14.5. The third-order valence-corrected chi connectivity index (χ3v) is 4.64. The van der Waals surface area contributed by atoms with Crippen LogP contribution in [0.15, 0.2) is 60.7 Å². The van der Waals surface area contributed by atoms with E-state index in [9.17, 15) is 9.59 Å². The molecule has 0 spiro atoms. The maximum atomic E-state index is 11.7. The summed E-state index contributed by atoms with van der Waals surface area (Å²) in [5, 5.41) is 10.9. The van der Waals surface area contributed by atoms with E-state index < -0.39 is 11.9 Å². The highest BCUT2D eigenvalue weighted by atomic mass is 35.5. The van der Waals surface area contributed by atoms with Crippen molar-refractivity contribution in [2.45, 2.75) is 19.4 Å². The molecular formula is C22H21ClN4O3. The van der Waals surface area contributed by atoms with Crippen molar-refractivity contribution in [1.82, 2.24) is 10.2 Å². The lowest BCUT2D eigenvalue weighted by atomic mass is 10.0. The zero-order valence-electron chi connectivity index (χ0n) is 16.3. The Balaban J connectivity index is 1.76. The zero-order chi connectivity index (χ0) is 21.5. The number of amides is 1. The Hall–Kier alpha value is -3.29. The SMILES string of the molecule is CCOC(=O)C(=O)Nc1ccc(-c2cc([C@@H](N)Cc3ccccc3)nnc2Cl)cc1. The number of nitrogens with one attached hydrogen (secondary N) is 1. The van der Waals surface area contributed by atoms with E-state index in [1.807, 2.05) is 36.4 Å². The summed E-state index contributed by atoms with van der Waals surface area (Å²) in [5.74, 6) is -1.76. The summed E-state index contributed by atoms with van der Waals surface area (Å²) < 4.78 is 4.67. The van der Waals surface area contributed by atoms with Gasteiger partial charge in [0.15, 0.2) is 5.15 Å². The first-order valence-corrected chi connectivity index (χ1v) is 9.77. The van der Waals surface area contributed by atoms with Crippen LogP contribution in [0.4, 0.5) is 5.69 Å². The van der Waals surface area contributed by atoms with Crippen molar-refractivity contribution in [2.75, 3.05) is 11.9 Å². The molecule has 3 aromatic rings. The normalized spacial score (nSPS) is 11.6. The van der Waals surface area contributed by atoms with E-state index in [4.69, 9.17) is 17.3 Å². The monoisotopic (exact) mass is 424 g/mol. The van der Waals surface area contributed by atoms with Crippen molar-refractivity contribution in [3.63, 3.8) is 0 Å². The van der Waals surface area contributed by atoms with Gasteiger partial charge < -0.3 is 15.8 Å². The van der Waals surface area contributed by atoms with Gasteiger partial charge in [0.25, 0.3) is 0 Å². The molecule has 0 aliphatic carbocycles. The summed E-state index contributed by atoms with van der Waals surface area (Å²) >= 11 is 6.25. The summed E-state index contributed by atoms with van der Waals surface area (Å²) in [6.45, 7) is 1.76. The third kappa shape index (κ3) is 5.40. The predicted molar refractivity (Wildman–Crippen MR) is 115 cm³/mol. The molecule has 2 aromatic carbocycles. The summed E-state index contributed by atoms with van der Waals surface area (Å²) in [6, 6.07) is 18.2. The summed E-state index contributed by atoms with van der Waals surface area (Å²) in [5.41, 5.74) is 9.95. The van der Waals surface area contributed by atoms with Gasteiger partial charge in [-0.2, -0.15) is 5.10 Å². The fourth-order valence-electron chi connectivity index (χ4n) is 2.86. The van der Waals surface area contributed by atoms with Gasteiger partial charge in [-0.15, -0.1) is 5.10 Å². The highest BCUT2D eigenvalue weighted by Gasteiger charge is 2.16. The van der Waals surface area contributed by atoms with Gasteiger partial charge in [-0.3, -0.25) is 4.79 Å². The molecule has 7 nitrogen and oxygen atoms in total. The number of carbonyl (C=O) groups is 2. The largest absolute Gasteiger partial charge is 0.459 e. The van der Waals surface area contributed by atoms with Crippen LogP contribution in [0, 0.1) is 0 Å². The van der Waals surface area contributed by atoms with E-state index in [2.05, 4.69) is 20.3 Å². The number of hydrogen-bond acceptors (Lipinski definition) is 6. The first-order valence-electron chi connectivity index (χ1n) is 9.39. The number of ether oxygens (including phenoxy) is 1. The van der Waals surface area contributed by atoms with Crippen molar-refractivity contribution in [3.05, 3.63) is 77.1 Å². The fourth-order valence-corrected chi connectivity index (χ4v) is 3.06. The molecule has 0 bridgehead atoms. The Bertz CT molecular complexity index is 1030. The van der Waals surface area contributed by atoms with Gasteiger partial charge in [0.2, 0.25) is 0 Å². The van der Waals surface area contributed by atoms with E-state index in [-0.39, 0.29) is 17.8 Å². The average molecular weight is 425 g/mol. The van der Waals surface area contributed by atoms with Gasteiger partial charge in [0.1, 0.15) is 0 Å². The lowest BCUT2D eigenvalue weighted by molar-refractivity contribution is -0.152. The summed E-state index contributed by atoms with van der Waals surface area (Å²) in [6.07, 6.45) is 0.620. The molecule has 1 amide bonds. The van der Waals surface area contributed by atoms with Gasteiger partial charge in [0.05, 0.1) is 18.3 Å². The summed E-state index contributed by atoms with van der Waals surface area (Å²) in [4.78, 5) is 23.2. The van der Waals surface area contributed by atoms with Gasteiger partial charge >= 0.3 is 11.9 Å². The number of benzene rings is 2. The number of anilines is 1. The fraction of sp³-hybridized carbons (Fsp3) is 0.182. The Kier molecular flexibility index (Phi) is 7.11. The Morgan fingerprint density at radius 2 is 1.80 bits per heavy atom. The second kappa shape index (κ2) is 9.96. The number of carbonyl (C=O) groups excluding carboxylic acids is 2. The van der Waals surface area contributed by atoms with Gasteiger partial charge in [-0.05, 0) is 42.7 Å². The molecule has 0 aliphatic rings. The number of nitrogens with zero attached hydrogens (tertiary/aromatic N) is 2. The van der Waals surface area contributed by atoms with Gasteiger partial charge in [0, 0.05) is 11.3 Å². The molecule has 0 saturated carbocycles. The van der Waals surface area contributed by atoms with Crippen LogP contribution < -0.4 is 11.1 Å². The van der Waals surface area contributed by atoms with Crippen LogP contribution in [0.25, 0.3) is 11.1 Å². The number of halogens is 1. The van der Waals surface area contributed by atoms with Gasteiger partial charge in [-0.1, -0.05) is 54.1 Å². The minimum absolute atomic E-state index is 0.132. The first kappa shape index (κ1) is 21.4. The topological polar surface area (TPSA) is 107 Å². The maximum Gasteiger partial charge on any atom is 0.397 e. The zero-order valence-corrected chi connectivity index (χ0v) is 17.1. The van der Waals surface area contributed by atoms with E-state index in [1.54, 1.807) is 31.2 Å². The molecular weight excluding hydrogens is 404 g/mol. The molecule has 154 valence electrons. The second-order valence-corrected chi connectivity index (χ2v) is 6.88. The second-order valence-electron chi connectivity index (χ2n) is 6.52. The van der Waals surface area contributed by atoms with E-state index in [0.29, 0.717) is 23.4 Å². The molecule has 30 heavy (non-hydrogen) atoms. The van der Waals surface area contributed by atoms with E-state index in [1.165, 1.54) is 0 Å². The van der Waals surface area contributed by atoms with Crippen molar-refractivity contribution < 1.29 is 14.3 Å². The average Bonchev–Trinajstić information content (AvgIpc) is 2.75. The molecule has 8 heteroatoms. The van der Waals surface area contributed by atoms with Crippen molar-refractivity contribution >= 4 is 29.2 Å². The molecule has 0 saturated heterocycles. The molecule has 1 heterocycles. The quantitative estimate of drug-likeness (QED) is 0.463. The lowest BCUT2D eigenvalue weighted by Gasteiger charge is -2.13. The Morgan fingerprint density at radius 3 is 2.47 bits per heavy atom. The lowest BCUT2D eigenvalue weighted by Crippen LogP contribution is -2.24. The number of rotatable bonds is 6. The molecule has 3 N–H and O–H groups in total.